The van der Waals surface area contributed by atoms with Crippen LogP contribution >= 0.6 is 11.3 Å². The fraction of sp³-hybridized carbons (Fsp3) is 0.429. The van der Waals surface area contributed by atoms with Gasteiger partial charge in [0.15, 0.2) is 0 Å². The quantitative estimate of drug-likeness (QED) is 0.882. The van der Waals surface area contributed by atoms with E-state index in [2.05, 4.69) is 16.9 Å². The topological polar surface area (TPSA) is 61.0 Å². The van der Waals surface area contributed by atoms with E-state index in [1.807, 2.05) is 25.3 Å². The molecule has 0 amide bonds. The first-order valence-corrected chi connectivity index (χ1v) is 7.23. The van der Waals surface area contributed by atoms with E-state index in [4.69, 9.17) is 10.5 Å². The first-order valence-electron chi connectivity index (χ1n) is 6.42. The number of nitrogens with two attached hydrogens (primary N) is 1. The van der Waals surface area contributed by atoms with Crippen molar-refractivity contribution in [1.82, 2.24) is 9.97 Å². The molecular formula is C14H19N3OS. The van der Waals surface area contributed by atoms with Crippen LogP contribution in [0.15, 0.2) is 24.5 Å². The standard InChI is InChI=1S/C14H19N3OS/c1-3-11(15)6-12-4-5-13(7-17-12)18-9-14-8-16-10(2)19-14/h4-5,7-8,11H,3,6,9,15H2,1-2H3. The van der Waals surface area contributed by atoms with Gasteiger partial charge in [-0.05, 0) is 25.5 Å². The van der Waals surface area contributed by atoms with Gasteiger partial charge in [-0.3, -0.25) is 4.98 Å². The Morgan fingerprint density at radius 3 is 2.74 bits per heavy atom. The minimum absolute atomic E-state index is 0.180. The number of aromatic nitrogens is 2. The van der Waals surface area contributed by atoms with Gasteiger partial charge in [-0.15, -0.1) is 11.3 Å². The van der Waals surface area contributed by atoms with Crippen molar-refractivity contribution in [3.05, 3.63) is 40.1 Å². The smallest absolute Gasteiger partial charge is 0.138 e. The minimum atomic E-state index is 0.180. The third-order valence-corrected chi connectivity index (χ3v) is 3.73. The Bertz CT molecular complexity index is 510. The van der Waals surface area contributed by atoms with Crippen molar-refractivity contribution >= 4 is 11.3 Å². The van der Waals surface area contributed by atoms with Crippen molar-refractivity contribution in [2.75, 3.05) is 0 Å². The van der Waals surface area contributed by atoms with E-state index >= 15 is 0 Å². The van der Waals surface area contributed by atoms with E-state index in [9.17, 15) is 0 Å². The summed E-state index contributed by atoms with van der Waals surface area (Å²) in [7, 11) is 0. The maximum atomic E-state index is 5.90. The lowest BCUT2D eigenvalue weighted by molar-refractivity contribution is 0.308. The molecule has 0 saturated carbocycles. The highest BCUT2D eigenvalue weighted by molar-refractivity contribution is 7.11. The van der Waals surface area contributed by atoms with Gasteiger partial charge in [0.25, 0.3) is 0 Å². The predicted molar refractivity (Wildman–Crippen MR) is 77.4 cm³/mol. The molecule has 0 aliphatic carbocycles. The predicted octanol–water partition coefficient (Wildman–Crippen LogP) is 2.71. The van der Waals surface area contributed by atoms with Crippen LogP contribution < -0.4 is 10.5 Å². The van der Waals surface area contributed by atoms with Gasteiger partial charge < -0.3 is 10.5 Å². The highest BCUT2D eigenvalue weighted by Crippen LogP contribution is 2.16. The molecule has 4 nitrogen and oxygen atoms in total. The van der Waals surface area contributed by atoms with E-state index in [-0.39, 0.29) is 6.04 Å². The molecule has 2 aromatic rings. The van der Waals surface area contributed by atoms with Gasteiger partial charge in [-0.25, -0.2) is 4.98 Å². The van der Waals surface area contributed by atoms with Gasteiger partial charge in [0.2, 0.25) is 0 Å². The molecule has 2 heterocycles. The largest absolute Gasteiger partial charge is 0.486 e. The lowest BCUT2D eigenvalue weighted by atomic mass is 10.1. The van der Waals surface area contributed by atoms with Crippen LogP contribution in [0.25, 0.3) is 0 Å². The number of hydrogen-bond donors (Lipinski definition) is 1. The monoisotopic (exact) mass is 277 g/mol. The molecule has 1 atom stereocenters. The van der Waals surface area contributed by atoms with Crippen molar-refractivity contribution in [1.29, 1.82) is 0 Å². The van der Waals surface area contributed by atoms with Gasteiger partial charge >= 0.3 is 0 Å². The average molecular weight is 277 g/mol. The molecule has 0 spiro atoms. The number of rotatable bonds is 6. The Morgan fingerprint density at radius 1 is 1.32 bits per heavy atom. The fourth-order valence-corrected chi connectivity index (χ4v) is 2.36. The molecule has 0 fully saturated rings. The zero-order chi connectivity index (χ0) is 13.7. The van der Waals surface area contributed by atoms with Crippen molar-refractivity contribution in [2.45, 2.75) is 39.3 Å². The van der Waals surface area contributed by atoms with Crippen molar-refractivity contribution < 1.29 is 4.74 Å². The molecular weight excluding hydrogens is 258 g/mol. The van der Waals surface area contributed by atoms with Crippen LogP contribution in [-0.2, 0) is 13.0 Å². The van der Waals surface area contributed by atoms with Gasteiger partial charge in [0, 0.05) is 24.4 Å². The third kappa shape index (κ3) is 4.29. The second kappa shape index (κ2) is 6.63. The summed E-state index contributed by atoms with van der Waals surface area (Å²) in [5, 5.41) is 1.06. The molecule has 5 heteroatoms. The SMILES string of the molecule is CCC(N)Cc1ccc(OCc2cnc(C)s2)cn1. The van der Waals surface area contributed by atoms with Crippen LogP contribution in [0.4, 0.5) is 0 Å². The Balaban J connectivity index is 1.88. The third-order valence-electron chi connectivity index (χ3n) is 2.84. The van der Waals surface area contributed by atoms with E-state index in [1.54, 1.807) is 17.5 Å². The molecule has 2 rings (SSSR count). The highest BCUT2D eigenvalue weighted by Gasteiger charge is 2.04. The Hall–Kier alpha value is -1.46. The summed E-state index contributed by atoms with van der Waals surface area (Å²) in [5.74, 6) is 0.778. The number of aryl methyl sites for hydroxylation is 1. The summed E-state index contributed by atoms with van der Waals surface area (Å²) in [5.41, 5.74) is 6.91. The zero-order valence-electron chi connectivity index (χ0n) is 11.3. The van der Waals surface area contributed by atoms with Crippen LogP contribution in [0.5, 0.6) is 5.75 Å². The van der Waals surface area contributed by atoms with Crippen LogP contribution in [0, 0.1) is 6.92 Å². The van der Waals surface area contributed by atoms with Gasteiger partial charge in [-0.2, -0.15) is 0 Å². The Morgan fingerprint density at radius 2 is 2.16 bits per heavy atom. The first kappa shape index (κ1) is 14.0. The molecule has 0 aliphatic heterocycles. The summed E-state index contributed by atoms with van der Waals surface area (Å²) in [6.45, 7) is 4.61. The van der Waals surface area contributed by atoms with Crippen molar-refractivity contribution in [2.24, 2.45) is 5.73 Å². The van der Waals surface area contributed by atoms with E-state index < -0.39 is 0 Å². The van der Waals surface area contributed by atoms with E-state index in [1.165, 1.54) is 0 Å². The minimum Gasteiger partial charge on any atom is -0.486 e. The summed E-state index contributed by atoms with van der Waals surface area (Å²) in [6, 6.07) is 4.10. The number of hydrogen-bond acceptors (Lipinski definition) is 5. The molecule has 2 N–H and O–H groups in total. The summed E-state index contributed by atoms with van der Waals surface area (Å²) in [6.07, 6.45) is 5.38. The highest BCUT2D eigenvalue weighted by atomic mass is 32.1. The number of ether oxygens (including phenoxy) is 1. The second-order valence-corrected chi connectivity index (χ2v) is 5.81. The summed E-state index contributed by atoms with van der Waals surface area (Å²) < 4.78 is 5.67. The van der Waals surface area contributed by atoms with Crippen molar-refractivity contribution in [3.8, 4) is 5.75 Å². The second-order valence-electron chi connectivity index (χ2n) is 4.49. The number of thiazole rings is 1. The van der Waals surface area contributed by atoms with Crippen LogP contribution in [-0.4, -0.2) is 16.0 Å². The maximum Gasteiger partial charge on any atom is 0.138 e. The molecule has 0 aliphatic rings. The van der Waals surface area contributed by atoms with E-state index in [0.717, 1.165) is 34.2 Å². The number of pyridine rings is 1. The molecule has 19 heavy (non-hydrogen) atoms. The Labute approximate surface area is 117 Å². The van der Waals surface area contributed by atoms with Gasteiger partial charge in [-0.1, -0.05) is 6.92 Å². The number of nitrogens with zero attached hydrogens (tertiary/aromatic N) is 2. The molecule has 0 saturated heterocycles. The van der Waals surface area contributed by atoms with E-state index in [0.29, 0.717) is 6.61 Å². The average Bonchev–Trinajstić information content (AvgIpc) is 2.83. The van der Waals surface area contributed by atoms with Crippen LogP contribution in [0.1, 0.15) is 28.9 Å². The maximum absolute atomic E-state index is 5.90. The Kier molecular flexibility index (Phi) is 4.87. The lowest BCUT2D eigenvalue weighted by Crippen LogP contribution is -2.21. The molecule has 1 unspecified atom stereocenters. The van der Waals surface area contributed by atoms with Gasteiger partial charge in [0.1, 0.15) is 12.4 Å². The normalized spacial score (nSPS) is 12.4. The van der Waals surface area contributed by atoms with Crippen LogP contribution in [0.3, 0.4) is 0 Å². The molecule has 102 valence electrons. The first-order chi connectivity index (χ1) is 9.17. The van der Waals surface area contributed by atoms with Gasteiger partial charge in [0.05, 0.1) is 16.1 Å². The summed E-state index contributed by atoms with van der Waals surface area (Å²) >= 11 is 1.65. The molecule has 0 bridgehead atoms. The van der Waals surface area contributed by atoms with Crippen LogP contribution in [0.2, 0.25) is 0 Å². The fourth-order valence-electron chi connectivity index (χ4n) is 1.66. The summed E-state index contributed by atoms with van der Waals surface area (Å²) in [4.78, 5) is 9.68. The zero-order valence-corrected chi connectivity index (χ0v) is 12.1. The van der Waals surface area contributed by atoms with Crippen molar-refractivity contribution in [3.63, 3.8) is 0 Å². The lowest BCUT2D eigenvalue weighted by Gasteiger charge is -2.08. The molecule has 2 aromatic heterocycles. The molecule has 0 aromatic carbocycles. The molecule has 0 radical (unpaired) electrons.